The van der Waals surface area contributed by atoms with Crippen LogP contribution in [0.15, 0.2) is 23.3 Å². The highest BCUT2D eigenvalue weighted by Crippen LogP contribution is 2.20. The number of hydrogen-bond acceptors (Lipinski definition) is 4. The number of ether oxygens (including phenoxy) is 2. The topological polar surface area (TPSA) is 59.3 Å². The van der Waals surface area contributed by atoms with Gasteiger partial charge in [0, 0.05) is 5.56 Å². The fourth-order valence-electron chi connectivity index (χ4n) is 2.60. The second-order valence-electron chi connectivity index (χ2n) is 5.88. The van der Waals surface area contributed by atoms with E-state index in [0.717, 1.165) is 62.0 Å². The fraction of sp³-hybridized carbons (Fsp3) is 0.529. The standard InChI is InChI=1S/C17H26N4O2S/c1-13-4-5-16(22-3)15(12-13)14(2)19-20-17(24)18-6-7-21-8-10-23-11-9-21/h4-5,12H,6-11H2,1-3H3,(H2,18,20,24)/p+1/b19-14-. The van der Waals surface area contributed by atoms with Crippen LogP contribution >= 0.6 is 12.2 Å². The zero-order valence-electron chi connectivity index (χ0n) is 14.6. The summed E-state index contributed by atoms with van der Waals surface area (Å²) in [7, 11) is 1.66. The average Bonchev–Trinajstić information content (AvgIpc) is 2.60. The number of thiocarbonyl (C=S) groups is 1. The van der Waals surface area contributed by atoms with Gasteiger partial charge in [0.25, 0.3) is 0 Å². The highest BCUT2D eigenvalue weighted by Gasteiger charge is 2.13. The Labute approximate surface area is 149 Å². The van der Waals surface area contributed by atoms with Gasteiger partial charge in [-0.2, -0.15) is 5.10 Å². The second kappa shape index (κ2) is 9.56. The summed E-state index contributed by atoms with van der Waals surface area (Å²) in [4.78, 5) is 1.54. The van der Waals surface area contributed by atoms with E-state index in [1.165, 1.54) is 0 Å². The first-order valence-corrected chi connectivity index (χ1v) is 8.65. The molecule has 1 fully saturated rings. The largest absolute Gasteiger partial charge is 0.496 e. The van der Waals surface area contributed by atoms with Crippen LogP contribution in [0.2, 0.25) is 0 Å². The van der Waals surface area contributed by atoms with Crippen LogP contribution in [0.5, 0.6) is 5.75 Å². The van der Waals surface area contributed by atoms with Gasteiger partial charge in [0.15, 0.2) is 5.11 Å². The highest BCUT2D eigenvalue weighted by molar-refractivity contribution is 7.80. The van der Waals surface area contributed by atoms with Crippen molar-refractivity contribution in [3.8, 4) is 5.75 Å². The lowest BCUT2D eigenvalue weighted by Gasteiger charge is -2.23. The molecule has 6 nitrogen and oxygen atoms in total. The first-order valence-electron chi connectivity index (χ1n) is 8.24. The molecule has 0 amide bonds. The van der Waals surface area contributed by atoms with Gasteiger partial charge < -0.3 is 19.7 Å². The number of nitrogens with one attached hydrogen (secondary N) is 3. The number of benzene rings is 1. The van der Waals surface area contributed by atoms with Gasteiger partial charge in [-0.15, -0.1) is 0 Å². The Bertz CT molecular complexity index is 586. The molecule has 0 unspecified atom stereocenters. The summed E-state index contributed by atoms with van der Waals surface area (Å²) in [5.41, 5.74) is 5.87. The Morgan fingerprint density at radius 2 is 2.12 bits per heavy atom. The molecular weight excluding hydrogens is 324 g/mol. The summed E-state index contributed by atoms with van der Waals surface area (Å²) < 4.78 is 10.7. The summed E-state index contributed by atoms with van der Waals surface area (Å²) in [6.07, 6.45) is 0. The van der Waals surface area contributed by atoms with Crippen LogP contribution in [0, 0.1) is 6.92 Å². The Morgan fingerprint density at radius 1 is 1.38 bits per heavy atom. The predicted octanol–water partition coefficient (Wildman–Crippen LogP) is 0.107. The third-order valence-corrected chi connectivity index (χ3v) is 4.27. The molecule has 2 rings (SSSR count). The van der Waals surface area contributed by atoms with Crippen LogP contribution in [-0.4, -0.2) is 57.3 Å². The van der Waals surface area contributed by atoms with Crippen LogP contribution in [0.4, 0.5) is 0 Å². The number of morpholine rings is 1. The molecule has 0 aliphatic carbocycles. The third kappa shape index (κ3) is 5.74. The number of aryl methyl sites for hydroxylation is 1. The molecule has 1 heterocycles. The SMILES string of the molecule is COc1ccc(C)cc1/C(C)=N\NC(=S)NCC[NH+]1CCOCC1. The lowest BCUT2D eigenvalue weighted by atomic mass is 10.1. The van der Waals surface area contributed by atoms with Crippen molar-refractivity contribution >= 4 is 23.0 Å². The predicted molar refractivity (Wildman–Crippen MR) is 100 cm³/mol. The molecule has 7 heteroatoms. The molecule has 0 radical (unpaired) electrons. The van der Waals surface area contributed by atoms with Crippen LogP contribution in [0.25, 0.3) is 0 Å². The molecule has 1 saturated heterocycles. The van der Waals surface area contributed by atoms with Gasteiger partial charge in [-0.25, -0.2) is 0 Å². The first-order chi connectivity index (χ1) is 11.6. The summed E-state index contributed by atoms with van der Waals surface area (Å²) in [6.45, 7) is 9.65. The summed E-state index contributed by atoms with van der Waals surface area (Å²) in [5.74, 6) is 0.804. The van der Waals surface area contributed by atoms with E-state index < -0.39 is 0 Å². The molecule has 1 aliphatic rings. The normalized spacial score (nSPS) is 15.9. The number of rotatable bonds is 6. The van der Waals surface area contributed by atoms with Gasteiger partial charge in [-0.3, -0.25) is 5.43 Å². The minimum absolute atomic E-state index is 0.536. The number of hydrogen-bond donors (Lipinski definition) is 3. The van der Waals surface area contributed by atoms with Crippen molar-refractivity contribution in [1.29, 1.82) is 0 Å². The molecule has 0 bridgehead atoms. The number of quaternary nitrogens is 1. The summed E-state index contributed by atoms with van der Waals surface area (Å²) in [6, 6.07) is 6.02. The first kappa shape index (κ1) is 18.6. The van der Waals surface area contributed by atoms with Crippen molar-refractivity contribution in [2.45, 2.75) is 13.8 Å². The molecule has 1 aliphatic heterocycles. The van der Waals surface area contributed by atoms with Crippen molar-refractivity contribution in [3.05, 3.63) is 29.3 Å². The minimum Gasteiger partial charge on any atom is -0.496 e. The number of nitrogens with zero attached hydrogens (tertiary/aromatic N) is 1. The second-order valence-corrected chi connectivity index (χ2v) is 6.29. The molecule has 24 heavy (non-hydrogen) atoms. The molecule has 0 saturated carbocycles. The molecular formula is C17H27N4O2S+. The Morgan fingerprint density at radius 3 is 2.83 bits per heavy atom. The van der Waals surface area contributed by atoms with E-state index in [-0.39, 0.29) is 0 Å². The molecule has 3 N–H and O–H groups in total. The zero-order valence-corrected chi connectivity index (χ0v) is 15.5. The Balaban J connectivity index is 1.81. The Kier molecular flexibility index (Phi) is 7.42. The smallest absolute Gasteiger partial charge is 0.187 e. The van der Waals surface area contributed by atoms with Crippen molar-refractivity contribution in [2.75, 3.05) is 46.5 Å². The third-order valence-electron chi connectivity index (χ3n) is 4.03. The van der Waals surface area contributed by atoms with E-state index >= 15 is 0 Å². The molecule has 1 aromatic rings. The monoisotopic (exact) mass is 351 g/mol. The van der Waals surface area contributed by atoms with Crippen molar-refractivity contribution < 1.29 is 14.4 Å². The van der Waals surface area contributed by atoms with Crippen LogP contribution in [0.3, 0.4) is 0 Å². The van der Waals surface area contributed by atoms with E-state index in [1.807, 2.05) is 26.0 Å². The maximum absolute atomic E-state index is 5.39. The lowest BCUT2D eigenvalue weighted by molar-refractivity contribution is -0.906. The van der Waals surface area contributed by atoms with E-state index in [2.05, 4.69) is 21.9 Å². The maximum Gasteiger partial charge on any atom is 0.187 e. The van der Waals surface area contributed by atoms with E-state index in [4.69, 9.17) is 21.7 Å². The molecule has 0 atom stereocenters. The van der Waals surface area contributed by atoms with Crippen molar-refractivity contribution in [3.63, 3.8) is 0 Å². The zero-order chi connectivity index (χ0) is 17.4. The molecule has 0 spiro atoms. The van der Waals surface area contributed by atoms with Gasteiger partial charge in [0.2, 0.25) is 0 Å². The fourth-order valence-corrected chi connectivity index (χ4v) is 2.75. The summed E-state index contributed by atoms with van der Waals surface area (Å²) >= 11 is 5.28. The number of hydrazone groups is 1. The maximum atomic E-state index is 5.39. The van der Waals surface area contributed by atoms with Gasteiger partial charge in [0.05, 0.1) is 39.1 Å². The number of methoxy groups -OCH3 is 1. The molecule has 132 valence electrons. The van der Waals surface area contributed by atoms with E-state index in [9.17, 15) is 0 Å². The van der Waals surface area contributed by atoms with Crippen LogP contribution in [0.1, 0.15) is 18.1 Å². The van der Waals surface area contributed by atoms with Crippen LogP contribution < -0.4 is 20.4 Å². The van der Waals surface area contributed by atoms with Crippen LogP contribution in [-0.2, 0) is 4.74 Å². The quantitative estimate of drug-likeness (QED) is 0.386. The summed E-state index contributed by atoms with van der Waals surface area (Å²) in [5, 5.41) is 8.10. The van der Waals surface area contributed by atoms with Gasteiger partial charge in [-0.05, 0) is 38.2 Å². The van der Waals surface area contributed by atoms with E-state index in [0.29, 0.717) is 5.11 Å². The highest BCUT2D eigenvalue weighted by atomic mass is 32.1. The molecule has 0 aromatic heterocycles. The van der Waals surface area contributed by atoms with Gasteiger partial charge in [-0.1, -0.05) is 11.6 Å². The Hall–Kier alpha value is -1.70. The molecule has 1 aromatic carbocycles. The lowest BCUT2D eigenvalue weighted by Crippen LogP contribution is -3.14. The van der Waals surface area contributed by atoms with Gasteiger partial charge >= 0.3 is 0 Å². The minimum atomic E-state index is 0.536. The van der Waals surface area contributed by atoms with Crippen molar-refractivity contribution in [1.82, 2.24) is 10.7 Å². The van der Waals surface area contributed by atoms with E-state index in [1.54, 1.807) is 12.0 Å². The van der Waals surface area contributed by atoms with Gasteiger partial charge in [0.1, 0.15) is 18.8 Å². The van der Waals surface area contributed by atoms with Crippen molar-refractivity contribution in [2.24, 2.45) is 5.10 Å². The average molecular weight is 351 g/mol.